The first-order valence-corrected chi connectivity index (χ1v) is 8.73. The van der Waals surface area contributed by atoms with Gasteiger partial charge in [-0.15, -0.1) is 0 Å². The lowest BCUT2D eigenvalue weighted by Crippen LogP contribution is -2.47. The van der Waals surface area contributed by atoms with E-state index in [0.29, 0.717) is 38.0 Å². The fourth-order valence-electron chi connectivity index (χ4n) is 3.40. The molecule has 1 amide bonds. The molecule has 1 unspecified atom stereocenters. The summed E-state index contributed by atoms with van der Waals surface area (Å²) < 4.78 is 12.2. The van der Waals surface area contributed by atoms with Gasteiger partial charge >= 0.3 is 0 Å². The van der Waals surface area contributed by atoms with Gasteiger partial charge in [0.25, 0.3) is 5.91 Å². The number of ether oxygens (including phenoxy) is 2. The molecule has 0 bridgehead atoms. The Balaban J connectivity index is 1.65. The van der Waals surface area contributed by atoms with Crippen LogP contribution in [0.5, 0.6) is 0 Å². The molecule has 1 N–H and O–H groups in total. The molecule has 0 radical (unpaired) electrons. The number of nitrogens with one attached hydrogen (secondary N) is 1. The maximum absolute atomic E-state index is 12.6. The zero-order valence-corrected chi connectivity index (χ0v) is 14.8. The molecule has 24 heavy (non-hydrogen) atoms. The van der Waals surface area contributed by atoms with Crippen molar-refractivity contribution in [2.45, 2.75) is 44.4 Å². The van der Waals surface area contributed by atoms with Crippen molar-refractivity contribution in [1.29, 1.82) is 0 Å². The number of carbonyl (C=O) groups is 1. The van der Waals surface area contributed by atoms with E-state index in [1.807, 2.05) is 4.90 Å². The molecule has 3 rings (SSSR count). The highest BCUT2D eigenvalue weighted by atomic mass is 16.6. The average molecular weight is 336 g/mol. The van der Waals surface area contributed by atoms with Gasteiger partial charge in [0.1, 0.15) is 11.3 Å². The zero-order valence-electron chi connectivity index (χ0n) is 14.8. The standard InChI is InChI=1S/C17H28N4O3/c1-13(2)20(3)10-14-4-6-17(24-14)11-21(8-9-23-12-17)16(22)15-5-7-18-19-15/h5,7,13-14H,4,6,8-12H2,1-3H3,(H,18,19)/t14?,17-/m0/s1. The first-order valence-electron chi connectivity index (χ1n) is 8.73. The average Bonchev–Trinajstić information content (AvgIpc) is 3.15. The van der Waals surface area contributed by atoms with Crippen LogP contribution in [0.3, 0.4) is 0 Å². The van der Waals surface area contributed by atoms with Gasteiger partial charge in [-0.1, -0.05) is 0 Å². The van der Waals surface area contributed by atoms with Gasteiger partial charge < -0.3 is 19.3 Å². The summed E-state index contributed by atoms with van der Waals surface area (Å²) in [5.74, 6) is -0.0382. The molecule has 134 valence electrons. The fraction of sp³-hybridized carbons (Fsp3) is 0.765. The second-order valence-corrected chi connectivity index (χ2v) is 7.24. The first-order chi connectivity index (χ1) is 11.5. The molecule has 2 fully saturated rings. The Bertz CT molecular complexity index is 548. The van der Waals surface area contributed by atoms with Crippen molar-refractivity contribution in [2.24, 2.45) is 0 Å². The largest absolute Gasteiger partial charge is 0.377 e. The number of aromatic nitrogens is 2. The van der Waals surface area contributed by atoms with Crippen LogP contribution in [-0.4, -0.2) is 83.5 Å². The van der Waals surface area contributed by atoms with Gasteiger partial charge in [-0.3, -0.25) is 9.89 Å². The van der Waals surface area contributed by atoms with E-state index in [2.05, 4.69) is 36.0 Å². The number of aromatic amines is 1. The van der Waals surface area contributed by atoms with Crippen molar-refractivity contribution in [3.8, 4) is 0 Å². The summed E-state index contributed by atoms with van der Waals surface area (Å²) in [7, 11) is 2.12. The molecule has 7 nitrogen and oxygen atoms in total. The molecule has 7 heteroatoms. The molecular formula is C17H28N4O3. The molecule has 1 spiro atoms. The molecule has 1 aromatic rings. The zero-order chi connectivity index (χ0) is 17.2. The third-order valence-corrected chi connectivity index (χ3v) is 5.08. The topological polar surface area (TPSA) is 70.7 Å². The van der Waals surface area contributed by atoms with Crippen LogP contribution in [0.15, 0.2) is 12.3 Å². The number of likely N-dealkylation sites (N-methyl/N-ethyl adjacent to an activating group) is 1. The summed E-state index contributed by atoms with van der Waals surface area (Å²) in [6.45, 7) is 7.54. The van der Waals surface area contributed by atoms with Gasteiger partial charge in [0.05, 0.1) is 25.9 Å². The minimum absolute atomic E-state index is 0.0382. The van der Waals surface area contributed by atoms with Crippen LogP contribution in [-0.2, 0) is 9.47 Å². The molecule has 0 aliphatic carbocycles. The molecule has 2 aliphatic heterocycles. The van der Waals surface area contributed by atoms with Gasteiger partial charge in [-0.25, -0.2) is 0 Å². The van der Waals surface area contributed by atoms with E-state index < -0.39 is 0 Å². The summed E-state index contributed by atoms with van der Waals surface area (Å²) in [5, 5.41) is 6.62. The predicted octanol–water partition coefficient (Wildman–Crippen LogP) is 1.14. The molecule has 1 aromatic heterocycles. The smallest absolute Gasteiger partial charge is 0.272 e. The fourth-order valence-corrected chi connectivity index (χ4v) is 3.40. The number of hydrogen-bond acceptors (Lipinski definition) is 5. The number of amides is 1. The van der Waals surface area contributed by atoms with E-state index in [1.54, 1.807) is 12.3 Å². The predicted molar refractivity (Wildman–Crippen MR) is 89.9 cm³/mol. The summed E-state index contributed by atoms with van der Waals surface area (Å²) in [6, 6.07) is 2.20. The van der Waals surface area contributed by atoms with Crippen LogP contribution in [0, 0.1) is 0 Å². The van der Waals surface area contributed by atoms with Crippen molar-refractivity contribution in [3.63, 3.8) is 0 Å². The lowest BCUT2D eigenvalue weighted by molar-refractivity contribution is -0.0901. The molecule has 2 atom stereocenters. The number of carbonyl (C=O) groups excluding carboxylic acids is 1. The Kier molecular flexibility index (Phi) is 5.22. The second-order valence-electron chi connectivity index (χ2n) is 7.24. The van der Waals surface area contributed by atoms with Crippen LogP contribution >= 0.6 is 0 Å². The summed E-state index contributed by atoms with van der Waals surface area (Å²) >= 11 is 0. The Labute approximate surface area is 143 Å². The van der Waals surface area contributed by atoms with Crippen molar-refractivity contribution in [2.75, 3.05) is 39.9 Å². The van der Waals surface area contributed by atoms with Crippen molar-refractivity contribution in [3.05, 3.63) is 18.0 Å². The van der Waals surface area contributed by atoms with Crippen molar-refractivity contribution < 1.29 is 14.3 Å². The lowest BCUT2D eigenvalue weighted by atomic mass is 10.00. The highest BCUT2D eigenvalue weighted by Gasteiger charge is 2.44. The van der Waals surface area contributed by atoms with E-state index in [4.69, 9.17) is 9.47 Å². The summed E-state index contributed by atoms with van der Waals surface area (Å²) in [6.07, 6.45) is 3.73. The first kappa shape index (κ1) is 17.4. The van der Waals surface area contributed by atoms with E-state index >= 15 is 0 Å². The molecule has 2 aliphatic rings. The maximum atomic E-state index is 12.6. The molecule has 0 aromatic carbocycles. The number of rotatable bonds is 4. The van der Waals surface area contributed by atoms with Crippen LogP contribution in [0.25, 0.3) is 0 Å². The minimum Gasteiger partial charge on any atom is -0.377 e. The summed E-state index contributed by atoms with van der Waals surface area (Å²) in [4.78, 5) is 16.8. The van der Waals surface area contributed by atoms with E-state index in [1.165, 1.54) is 0 Å². The molecule has 0 saturated carbocycles. The van der Waals surface area contributed by atoms with E-state index in [0.717, 1.165) is 19.4 Å². The van der Waals surface area contributed by atoms with Gasteiger partial charge in [-0.2, -0.15) is 5.10 Å². The number of H-pyrrole nitrogens is 1. The van der Waals surface area contributed by atoms with Gasteiger partial charge in [0, 0.05) is 25.3 Å². The molecule has 2 saturated heterocycles. The third kappa shape index (κ3) is 3.79. The lowest BCUT2D eigenvalue weighted by Gasteiger charge is -2.32. The molecular weight excluding hydrogens is 308 g/mol. The van der Waals surface area contributed by atoms with Crippen LogP contribution in [0.2, 0.25) is 0 Å². The number of hydrogen-bond donors (Lipinski definition) is 1. The van der Waals surface area contributed by atoms with Crippen molar-refractivity contribution in [1.82, 2.24) is 20.0 Å². The summed E-state index contributed by atoms with van der Waals surface area (Å²) in [5.41, 5.74) is 0.135. The van der Waals surface area contributed by atoms with Gasteiger partial charge in [0.15, 0.2) is 0 Å². The Morgan fingerprint density at radius 2 is 2.42 bits per heavy atom. The van der Waals surface area contributed by atoms with E-state index in [-0.39, 0.29) is 17.6 Å². The van der Waals surface area contributed by atoms with Crippen LogP contribution < -0.4 is 0 Å². The molecule has 3 heterocycles. The van der Waals surface area contributed by atoms with Crippen LogP contribution in [0.4, 0.5) is 0 Å². The second kappa shape index (κ2) is 7.21. The highest BCUT2D eigenvalue weighted by Crippen LogP contribution is 2.33. The van der Waals surface area contributed by atoms with Gasteiger partial charge in [0.2, 0.25) is 0 Å². The third-order valence-electron chi connectivity index (χ3n) is 5.08. The van der Waals surface area contributed by atoms with Crippen LogP contribution in [0.1, 0.15) is 37.2 Å². The highest BCUT2D eigenvalue weighted by molar-refractivity contribution is 5.92. The normalized spacial score (nSPS) is 28.0. The quantitative estimate of drug-likeness (QED) is 0.893. The number of nitrogens with zero attached hydrogens (tertiary/aromatic N) is 3. The Hall–Kier alpha value is -1.44. The SMILES string of the molecule is CC(C)N(C)CC1CC[C@]2(COCCN(C(=O)c3ccn[nH]3)C2)O1. The minimum atomic E-state index is -0.380. The van der Waals surface area contributed by atoms with E-state index in [9.17, 15) is 4.79 Å². The Morgan fingerprint density at radius 1 is 1.58 bits per heavy atom. The maximum Gasteiger partial charge on any atom is 0.272 e. The van der Waals surface area contributed by atoms with Crippen molar-refractivity contribution >= 4 is 5.91 Å². The Morgan fingerprint density at radius 3 is 3.12 bits per heavy atom. The monoisotopic (exact) mass is 336 g/mol. The van der Waals surface area contributed by atoms with Gasteiger partial charge in [-0.05, 0) is 39.8 Å².